The summed E-state index contributed by atoms with van der Waals surface area (Å²) in [7, 11) is 0. The van der Waals surface area contributed by atoms with Gasteiger partial charge in [-0.1, -0.05) is 30.7 Å². The summed E-state index contributed by atoms with van der Waals surface area (Å²) >= 11 is 5.76. The van der Waals surface area contributed by atoms with Crippen molar-refractivity contribution in [2.75, 3.05) is 0 Å². The number of rotatable bonds is 4. The van der Waals surface area contributed by atoms with E-state index in [-0.39, 0.29) is 18.1 Å². The van der Waals surface area contributed by atoms with Crippen LogP contribution >= 0.6 is 11.6 Å². The first-order valence-electron chi connectivity index (χ1n) is 4.93. The van der Waals surface area contributed by atoms with Crippen LogP contribution in [0.15, 0.2) is 24.3 Å². The standard InChI is InChI=1S/C12H15ClO2/c1-8(14)7-12(15)9(2)10-3-5-11(13)6-4-10/h3-6,9,12,15H,7H2,1-2H3/t9-,12-/m1/s1. The van der Waals surface area contributed by atoms with Crippen LogP contribution in [0.1, 0.15) is 31.7 Å². The molecule has 1 aromatic carbocycles. The van der Waals surface area contributed by atoms with Crippen LogP contribution in [0.25, 0.3) is 0 Å². The Morgan fingerprint density at radius 3 is 2.40 bits per heavy atom. The zero-order valence-corrected chi connectivity index (χ0v) is 9.66. The number of hydrogen-bond donors (Lipinski definition) is 1. The first-order chi connectivity index (χ1) is 7.00. The van der Waals surface area contributed by atoms with Crippen LogP contribution in [0, 0.1) is 0 Å². The van der Waals surface area contributed by atoms with Crippen LogP contribution in [0.3, 0.4) is 0 Å². The van der Waals surface area contributed by atoms with Crippen molar-refractivity contribution in [3.8, 4) is 0 Å². The van der Waals surface area contributed by atoms with Gasteiger partial charge in [0.05, 0.1) is 6.10 Å². The summed E-state index contributed by atoms with van der Waals surface area (Å²) in [5.41, 5.74) is 0.994. The zero-order chi connectivity index (χ0) is 11.4. The van der Waals surface area contributed by atoms with E-state index in [1.54, 1.807) is 12.1 Å². The quantitative estimate of drug-likeness (QED) is 0.857. The molecule has 82 valence electrons. The highest BCUT2D eigenvalue weighted by atomic mass is 35.5. The van der Waals surface area contributed by atoms with E-state index in [4.69, 9.17) is 11.6 Å². The fourth-order valence-corrected chi connectivity index (χ4v) is 1.59. The maximum atomic E-state index is 10.9. The van der Waals surface area contributed by atoms with Crippen LogP contribution < -0.4 is 0 Å². The van der Waals surface area contributed by atoms with Gasteiger partial charge < -0.3 is 5.11 Å². The minimum Gasteiger partial charge on any atom is -0.392 e. The Labute approximate surface area is 94.9 Å². The molecule has 1 aromatic rings. The predicted molar refractivity (Wildman–Crippen MR) is 61.2 cm³/mol. The number of halogens is 1. The lowest BCUT2D eigenvalue weighted by Crippen LogP contribution is -2.18. The number of carbonyl (C=O) groups excluding carboxylic acids is 1. The van der Waals surface area contributed by atoms with Gasteiger partial charge in [0, 0.05) is 17.4 Å². The second-order valence-electron chi connectivity index (χ2n) is 3.81. The highest BCUT2D eigenvalue weighted by Crippen LogP contribution is 2.22. The highest BCUT2D eigenvalue weighted by molar-refractivity contribution is 6.30. The molecule has 0 amide bonds. The van der Waals surface area contributed by atoms with Crippen LogP contribution in [0.5, 0.6) is 0 Å². The van der Waals surface area contributed by atoms with E-state index in [2.05, 4.69) is 0 Å². The van der Waals surface area contributed by atoms with Crippen molar-refractivity contribution in [1.82, 2.24) is 0 Å². The highest BCUT2D eigenvalue weighted by Gasteiger charge is 2.17. The molecule has 0 aliphatic carbocycles. The van der Waals surface area contributed by atoms with Gasteiger partial charge in [0.25, 0.3) is 0 Å². The molecule has 0 aromatic heterocycles. The molecule has 0 unspecified atom stereocenters. The van der Waals surface area contributed by atoms with Crippen molar-refractivity contribution < 1.29 is 9.90 Å². The number of benzene rings is 1. The molecule has 0 saturated heterocycles. The summed E-state index contributed by atoms with van der Waals surface area (Å²) in [6.45, 7) is 3.38. The van der Waals surface area contributed by atoms with Crippen molar-refractivity contribution in [2.24, 2.45) is 0 Å². The third kappa shape index (κ3) is 3.65. The third-order valence-corrected chi connectivity index (χ3v) is 2.72. The molecule has 0 aliphatic rings. The van der Waals surface area contributed by atoms with Gasteiger partial charge >= 0.3 is 0 Å². The van der Waals surface area contributed by atoms with E-state index in [1.807, 2.05) is 19.1 Å². The molecule has 15 heavy (non-hydrogen) atoms. The topological polar surface area (TPSA) is 37.3 Å². The van der Waals surface area contributed by atoms with Crippen molar-refractivity contribution in [3.05, 3.63) is 34.9 Å². The third-order valence-electron chi connectivity index (χ3n) is 2.47. The van der Waals surface area contributed by atoms with Crippen molar-refractivity contribution in [2.45, 2.75) is 32.3 Å². The fourth-order valence-electron chi connectivity index (χ4n) is 1.46. The Morgan fingerprint density at radius 2 is 1.93 bits per heavy atom. The van der Waals surface area contributed by atoms with Gasteiger partial charge in [0.15, 0.2) is 0 Å². The molecule has 0 saturated carbocycles. The largest absolute Gasteiger partial charge is 0.392 e. The Bertz CT molecular complexity index is 332. The first kappa shape index (κ1) is 12.2. The van der Waals surface area contributed by atoms with Gasteiger partial charge in [-0.25, -0.2) is 0 Å². The maximum absolute atomic E-state index is 10.9. The van der Waals surface area contributed by atoms with E-state index >= 15 is 0 Å². The van der Waals surface area contributed by atoms with Crippen LogP contribution in [0.2, 0.25) is 5.02 Å². The maximum Gasteiger partial charge on any atom is 0.132 e. The van der Waals surface area contributed by atoms with Gasteiger partial charge in [0.1, 0.15) is 5.78 Å². The number of Topliss-reactive ketones (excluding diaryl/α,β-unsaturated/α-hetero) is 1. The molecule has 0 heterocycles. The van der Waals surface area contributed by atoms with Crippen LogP contribution in [0.4, 0.5) is 0 Å². The summed E-state index contributed by atoms with van der Waals surface area (Å²) in [5, 5.41) is 10.4. The van der Waals surface area contributed by atoms with E-state index in [9.17, 15) is 9.90 Å². The zero-order valence-electron chi connectivity index (χ0n) is 8.90. The molecule has 0 radical (unpaired) electrons. The predicted octanol–water partition coefficient (Wildman–Crippen LogP) is 2.78. The van der Waals surface area contributed by atoms with Gasteiger partial charge in [-0.05, 0) is 24.6 Å². The molecule has 1 rings (SSSR count). The second-order valence-corrected chi connectivity index (χ2v) is 4.25. The van der Waals surface area contributed by atoms with Crippen LogP contribution in [-0.4, -0.2) is 17.0 Å². The molecule has 0 spiro atoms. The van der Waals surface area contributed by atoms with Crippen molar-refractivity contribution >= 4 is 17.4 Å². The SMILES string of the molecule is CC(=O)C[C@@H](O)[C@H](C)c1ccc(Cl)cc1. The normalized spacial score (nSPS) is 14.7. The van der Waals surface area contributed by atoms with Gasteiger partial charge in [-0.3, -0.25) is 4.79 Å². The van der Waals surface area contributed by atoms with Crippen LogP contribution in [-0.2, 0) is 4.79 Å². The number of ketones is 1. The number of hydrogen-bond acceptors (Lipinski definition) is 2. The van der Waals surface area contributed by atoms with Crippen molar-refractivity contribution in [1.29, 1.82) is 0 Å². The average Bonchev–Trinajstić information content (AvgIpc) is 2.17. The Morgan fingerprint density at radius 1 is 1.40 bits per heavy atom. The molecule has 2 nitrogen and oxygen atoms in total. The average molecular weight is 227 g/mol. The van der Waals surface area contributed by atoms with Crippen molar-refractivity contribution in [3.63, 3.8) is 0 Å². The molecular formula is C12H15ClO2. The molecule has 1 N–H and O–H groups in total. The van der Waals surface area contributed by atoms with E-state index in [0.29, 0.717) is 5.02 Å². The lowest BCUT2D eigenvalue weighted by molar-refractivity contribution is -0.119. The number of aliphatic hydroxyl groups is 1. The smallest absolute Gasteiger partial charge is 0.132 e. The summed E-state index contributed by atoms with van der Waals surface area (Å²) in [5.74, 6) is -0.0468. The minimum absolute atomic E-state index is 0.00307. The molecule has 3 heteroatoms. The molecule has 0 fully saturated rings. The summed E-state index contributed by atoms with van der Waals surface area (Å²) in [6, 6.07) is 7.31. The van der Waals surface area contributed by atoms with E-state index in [1.165, 1.54) is 6.92 Å². The fraction of sp³-hybridized carbons (Fsp3) is 0.417. The summed E-state index contributed by atoms with van der Waals surface area (Å²) in [6.07, 6.45) is -0.423. The Kier molecular flexibility index (Phi) is 4.30. The second kappa shape index (κ2) is 5.29. The molecule has 2 atom stereocenters. The van der Waals surface area contributed by atoms with Gasteiger partial charge in [0.2, 0.25) is 0 Å². The lowest BCUT2D eigenvalue weighted by Gasteiger charge is -2.18. The van der Waals surface area contributed by atoms with Gasteiger partial charge in [-0.15, -0.1) is 0 Å². The first-order valence-corrected chi connectivity index (χ1v) is 5.31. The molecular weight excluding hydrogens is 212 g/mol. The molecule has 0 aliphatic heterocycles. The Hall–Kier alpha value is -0.860. The Balaban J connectivity index is 2.71. The van der Waals surface area contributed by atoms with Gasteiger partial charge in [-0.2, -0.15) is 0 Å². The number of carbonyl (C=O) groups is 1. The molecule has 0 bridgehead atoms. The lowest BCUT2D eigenvalue weighted by atomic mass is 9.93. The summed E-state index contributed by atoms with van der Waals surface area (Å²) in [4.78, 5) is 10.9. The number of aliphatic hydroxyl groups excluding tert-OH is 1. The monoisotopic (exact) mass is 226 g/mol. The minimum atomic E-state index is -0.622. The summed E-state index contributed by atoms with van der Waals surface area (Å²) < 4.78 is 0. The van der Waals surface area contributed by atoms with E-state index < -0.39 is 6.10 Å². The van der Waals surface area contributed by atoms with E-state index in [0.717, 1.165) is 5.56 Å².